The normalized spacial score (nSPS) is 12.0. The summed E-state index contributed by atoms with van der Waals surface area (Å²) in [4.78, 5) is 12.5. The van der Waals surface area contributed by atoms with Crippen LogP contribution in [0, 0.1) is 13.8 Å². The van der Waals surface area contributed by atoms with Gasteiger partial charge in [0.15, 0.2) is 5.76 Å². The molecule has 0 aliphatic rings. The van der Waals surface area contributed by atoms with Gasteiger partial charge in [0.05, 0.1) is 12.3 Å². The Kier molecular flexibility index (Phi) is 8.50. The highest BCUT2D eigenvalue weighted by Gasteiger charge is 2.12. The fourth-order valence-electron chi connectivity index (χ4n) is 3.74. The first-order valence-electron chi connectivity index (χ1n) is 12.1. The predicted octanol–water partition coefficient (Wildman–Crippen LogP) is 6.97. The van der Waals surface area contributed by atoms with E-state index in [9.17, 15) is 4.79 Å². The van der Waals surface area contributed by atoms with E-state index in [1.54, 1.807) is 18.3 Å². The number of hydrazone groups is 1. The van der Waals surface area contributed by atoms with Crippen LogP contribution in [0.5, 0.6) is 11.5 Å². The van der Waals surface area contributed by atoms with E-state index in [1.165, 1.54) is 11.4 Å². The van der Waals surface area contributed by atoms with Gasteiger partial charge in [0, 0.05) is 27.1 Å². The molecule has 1 atom stereocenters. The summed E-state index contributed by atoms with van der Waals surface area (Å²) in [5.74, 6) is 1.63. The van der Waals surface area contributed by atoms with Gasteiger partial charge in [-0.1, -0.05) is 22.9 Å². The van der Waals surface area contributed by atoms with Gasteiger partial charge in [-0.15, -0.1) is 0 Å². The van der Waals surface area contributed by atoms with Crippen molar-refractivity contribution >= 4 is 28.1 Å². The average Bonchev–Trinajstić information content (AvgIpc) is 3.50. The van der Waals surface area contributed by atoms with E-state index in [0.717, 1.165) is 22.1 Å². The van der Waals surface area contributed by atoms with E-state index in [2.05, 4.69) is 63.9 Å². The van der Waals surface area contributed by atoms with Crippen molar-refractivity contribution in [3.8, 4) is 17.2 Å². The molecule has 0 bridgehead atoms. The van der Waals surface area contributed by atoms with Crippen LogP contribution >= 0.6 is 15.9 Å². The highest BCUT2D eigenvalue weighted by Crippen LogP contribution is 2.24. The van der Waals surface area contributed by atoms with E-state index in [4.69, 9.17) is 13.9 Å². The van der Waals surface area contributed by atoms with E-state index in [-0.39, 0.29) is 18.5 Å². The number of furan rings is 1. The molecule has 0 saturated heterocycles. The topological polar surface area (TPSA) is 78.0 Å². The number of rotatable bonds is 10. The van der Waals surface area contributed by atoms with Gasteiger partial charge in [-0.05, 0) is 93.9 Å². The standard InChI is InChI=1S/C29H30BrN3O4/c1-5-21(4)36-27-14-8-23(30)16-22(27)17-31-32-29(34)28-15-13-26(37-28)18-35-25-11-9-24(10-12-25)33-19(2)6-7-20(33)3/h6-17,21H,5,18H2,1-4H3,(H,32,34)/b31-17+/t21-/m0/s1. The Balaban J connectivity index is 1.33. The second-order valence-electron chi connectivity index (χ2n) is 8.72. The first-order chi connectivity index (χ1) is 17.8. The maximum atomic E-state index is 12.5. The molecule has 2 heterocycles. The van der Waals surface area contributed by atoms with Crippen molar-refractivity contribution in [2.45, 2.75) is 46.8 Å². The van der Waals surface area contributed by atoms with E-state index < -0.39 is 5.91 Å². The Bertz CT molecular complexity index is 1370. The molecular formula is C29H30BrN3O4. The third-order valence-electron chi connectivity index (χ3n) is 5.88. The molecule has 192 valence electrons. The van der Waals surface area contributed by atoms with Gasteiger partial charge < -0.3 is 18.5 Å². The second-order valence-corrected chi connectivity index (χ2v) is 9.63. The fourth-order valence-corrected chi connectivity index (χ4v) is 4.12. The van der Waals surface area contributed by atoms with Crippen molar-refractivity contribution < 1.29 is 18.7 Å². The molecule has 0 unspecified atom stereocenters. The molecule has 0 spiro atoms. The number of nitrogens with one attached hydrogen (secondary N) is 1. The quantitative estimate of drug-likeness (QED) is 0.167. The maximum absolute atomic E-state index is 12.5. The Morgan fingerprint density at radius 2 is 1.81 bits per heavy atom. The summed E-state index contributed by atoms with van der Waals surface area (Å²) in [6.07, 6.45) is 2.50. The average molecular weight is 564 g/mol. The SMILES string of the molecule is CC[C@H](C)Oc1ccc(Br)cc1/C=N/NC(=O)c1ccc(COc2ccc(-n3c(C)ccc3C)cc2)o1. The summed E-state index contributed by atoms with van der Waals surface area (Å²) >= 11 is 3.46. The zero-order valence-corrected chi connectivity index (χ0v) is 22.9. The summed E-state index contributed by atoms with van der Waals surface area (Å²) in [7, 11) is 0. The zero-order chi connectivity index (χ0) is 26.4. The Morgan fingerprint density at radius 3 is 2.51 bits per heavy atom. The minimum atomic E-state index is -0.455. The van der Waals surface area contributed by atoms with Crippen molar-refractivity contribution in [3.63, 3.8) is 0 Å². The lowest BCUT2D eigenvalue weighted by molar-refractivity contribution is 0.0923. The number of benzene rings is 2. The van der Waals surface area contributed by atoms with Crippen molar-refractivity contribution in [2.24, 2.45) is 5.10 Å². The number of hydrogen-bond acceptors (Lipinski definition) is 5. The molecule has 0 aliphatic heterocycles. The van der Waals surface area contributed by atoms with Crippen LogP contribution in [0.4, 0.5) is 0 Å². The van der Waals surface area contributed by atoms with Crippen LogP contribution in [0.2, 0.25) is 0 Å². The molecule has 37 heavy (non-hydrogen) atoms. The Hall–Kier alpha value is -3.78. The number of halogens is 1. The van der Waals surface area contributed by atoms with Crippen LogP contribution in [0.1, 0.15) is 53.5 Å². The molecule has 1 N–H and O–H groups in total. The third-order valence-corrected chi connectivity index (χ3v) is 6.37. The summed E-state index contributed by atoms with van der Waals surface area (Å²) in [6.45, 7) is 8.42. The molecule has 0 fully saturated rings. The van der Waals surface area contributed by atoms with Crippen molar-refractivity contribution in [3.05, 3.63) is 99.7 Å². The van der Waals surface area contributed by atoms with Gasteiger partial charge in [-0.2, -0.15) is 5.10 Å². The Labute approximate surface area is 225 Å². The third kappa shape index (κ3) is 6.71. The maximum Gasteiger partial charge on any atom is 0.307 e. The molecule has 4 rings (SSSR count). The number of ether oxygens (including phenoxy) is 2. The molecule has 0 aliphatic carbocycles. The smallest absolute Gasteiger partial charge is 0.307 e. The van der Waals surface area contributed by atoms with Gasteiger partial charge in [0.2, 0.25) is 0 Å². The molecule has 7 nitrogen and oxygen atoms in total. The lowest BCUT2D eigenvalue weighted by atomic mass is 10.2. The highest BCUT2D eigenvalue weighted by atomic mass is 79.9. The van der Waals surface area contributed by atoms with Crippen LogP contribution in [-0.4, -0.2) is 22.8 Å². The first kappa shape index (κ1) is 26.3. The molecule has 4 aromatic rings. The van der Waals surface area contributed by atoms with Crippen molar-refractivity contribution in [1.29, 1.82) is 0 Å². The molecule has 0 radical (unpaired) electrons. The summed E-state index contributed by atoms with van der Waals surface area (Å²) in [6, 6.07) is 21.0. The van der Waals surface area contributed by atoms with Crippen LogP contribution < -0.4 is 14.9 Å². The Morgan fingerprint density at radius 1 is 1.08 bits per heavy atom. The van der Waals surface area contributed by atoms with E-state index in [1.807, 2.05) is 49.4 Å². The van der Waals surface area contributed by atoms with Crippen LogP contribution in [-0.2, 0) is 6.61 Å². The van der Waals surface area contributed by atoms with Gasteiger partial charge >= 0.3 is 5.91 Å². The molecular weight excluding hydrogens is 534 g/mol. The largest absolute Gasteiger partial charge is 0.490 e. The van der Waals surface area contributed by atoms with Gasteiger partial charge in [0.1, 0.15) is 23.9 Å². The molecule has 2 aromatic heterocycles. The fraction of sp³-hybridized carbons (Fsp3) is 0.241. The monoisotopic (exact) mass is 563 g/mol. The summed E-state index contributed by atoms with van der Waals surface area (Å²) in [5, 5.41) is 4.08. The predicted molar refractivity (Wildman–Crippen MR) is 148 cm³/mol. The minimum absolute atomic E-state index is 0.0670. The lowest BCUT2D eigenvalue weighted by Gasteiger charge is -2.14. The number of nitrogens with zero attached hydrogens (tertiary/aromatic N) is 2. The van der Waals surface area contributed by atoms with Crippen molar-refractivity contribution in [2.75, 3.05) is 0 Å². The first-order valence-corrected chi connectivity index (χ1v) is 12.9. The van der Waals surface area contributed by atoms with Crippen LogP contribution in [0.3, 0.4) is 0 Å². The van der Waals surface area contributed by atoms with Crippen molar-refractivity contribution in [1.82, 2.24) is 9.99 Å². The zero-order valence-electron chi connectivity index (χ0n) is 21.3. The number of aryl methyl sites for hydroxylation is 2. The number of carbonyl (C=O) groups is 1. The van der Waals surface area contributed by atoms with Crippen LogP contribution in [0.25, 0.3) is 5.69 Å². The van der Waals surface area contributed by atoms with E-state index >= 15 is 0 Å². The van der Waals surface area contributed by atoms with Gasteiger partial charge in [-0.3, -0.25) is 4.79 Å². The summed E-state index contributed by atoms with van der Waals surface area (Å²) < 4.78 is 20.5. The van der Waals surface area contributed by atoms with Crippen LogP contribution in [0.15, 0.2) is 80.7 Å². The molecule has 2 aromatic carbocycles. The second kappa shape index (κ2) is 12.0. The molecule has 8 heteroatoms. The molecule has 1 amide bonds. The summed E-state index contributed by atoms with van der Waals surface area (Å²) in [5.41, 5.74) is 6.67. The molecule has 0 saturated carbocycles. The number of hydrogen-bond donors (Lipinski definition) is 1. The van der Waals surface area contributed by atoms with Gasteiger partial charge in [0.25, 0.3) is 0 Å². The number of carbonyl (C=O) groups excluding carboxylic acids is 1. The number of aromatic nitrogens is 1. The lowest BCUT2D eigenvalue weighted by Crippen LogP contribution is -2.17. The minimum Gasteiger partial charge on any atom is -0.490 e. The highest BCUT2D eigenvalue weighted by molar-refractivity contribution is 9.10. The number of amides is 1. The van der Waals surface area contributed by atoms with E-state index in [0.29, 0.717) is 17.3 Å². The van der Waals surface area contributed by atoms with Gasteiger partial charge in [-0.25, -0.2) is 5.43 Å².